The third-order valence-corrected chi connectivity index (χ3v) is 3.68. The molecule has 0 radical (unpaired) electrons. The van der Waals surface area contributed by atoms with Crippen LogP contribution in [0.15, 0.2) is 12.2 Å². The molecule has 2 nitrogen and oxygen atoms in total. The van der Waals surface area contributed by atoms with Gasteiger partial charge in [0.1, 0.15) is 0 Å². The van der Waals surface area contributed by atoms with Crippen molar-refractivity contribution in [3.8, 4) is 0 Å². The molecule has 0 aromatic rings. The molecule has 2 N–H and O–H groups in total. The van der Waals surface area contributed by atoms with Crippen molar-refractivity contribution in [1.29, 1.82) is 0 Å². The molecule has 3 unspecified atom stereocenters. The lowest BCUT2D eigenvalue weighted by Crippen LogP contribution is -2.35. The molecule has 3 atom stereocenters. The minimum atomic E-state index is -0.0348. The van der Waals surface area contributed by atoms with Crippen LogP contribution >= 0.6 is 0 Å². The van der Waals surface area contributed by atoms with Crippen LogP contribution in [0.2, 0.25) is 0 Å². The number of nitrogens with one attached hydrogen (secondary N) is 1. The van der Waals surface area contributed by atoms with Crippen LogP contribution in [0.3, 0.4) is 0 Å². The fourth-order valence-electron chi connectivity index (χ4n) is 2.75. The van der Waals surface area contributed by atoms with Crippen molar-refractivity contribution in [3.63, 3.8) is 0 Å². The lowest BCUT2D eigenvalue weighted by Gasteiger charge is -2.28. The van der Waals surface area contributed by atoms with Crippen molar-refractivity contribution in [2.24, 2.45) is 5.92 Å². The molecule has 0 saturated heterocycles. The zero-order valence-electron chi connectivity index (χ0n) is 9.49. The average Bonchev–Trinajstić information content (AvgIpc) is 2.28. The molecule has 2 rings (SSSR count). The zero-order valence-corrected chi connectivity index (χ0v) is 9.49. The maximum absolute atomic E-state index is 9.57. The van der Waals surface area contributed by atoms with Crippen LogP contribution in [0.1, 0.15) is 44.9 Å². The van der Waals surface area contributed by atoms with E-state index in [2.05, 4.69) is 17.5 Å². The smallest absolute Gasteiger partial charge is 0.0543 e. The van der Waals surface area contributed by atoms with Crippen LogP contribution in [-0.4, -0.2) is 23.8 Å². The molecule has 0 bridgehead atoms. The van der Waals surface area contributed by atoms with Gasteiger partial charge in [-0.25, -0.2) is 0 Å². The van der Waals surface area contributed by atoms with E-state index in [1.54, 1.807) is 0 Å². The molecule has 0 aliphatic heterocycles. The van der Waals surface area contributed by atoms with E-state index < -0.39 is 0 Å². The van der Waals surface area contributed by atoms with Gasteiger partial charge in [-0.15, -0.1) is 0 Å². The molecular formula is C13H23NO. The molecular weight excluding hydrogens is 186 g/mol. The Hall–Kier alpha value is -0.340. The summed E-state index contributed by atoms with van der Waals surface area (Å²) in [6.07, 6.45) is 12.9. The predicted molar refractivity (Wildman–Crippen MR) is 62.7 cm³/mol. The molecule has 0 aromatic carbocycles. The van der Waals surface area contributed by atoms with Gasteiger partial charge in [0.05, 0.1) is 6.10 Å². The van der Waals surface area contributed by atoms with Crippen molar-refractivity contribution < 1.29 is 5.11 Å². The van der Waals surface area contributed by atoms with Crippen molar-refractivity contribution in [2.75, 3.05) is 6.54 Å². The molecule has 2 aliphatic rings. The summed E-state index contributed by atoms with van der Waals surface area (Å²) in [5.74, 6) is 0.698. The predicted octanol–water partition coefficient (Wildman–Crippen LogP) is 2.24. The topological polar surface area (TPSA) is 32.3 Å². The van der Waals surface area contributed by atoms with Gasteiger partial charge in [-0.2, -0.15) is 0 Å². The molecule has 1 saturated carbocycles. The Labute approximate surface area is 92.8 Å². The van der Waals surface area contributed by atoms with Crippen LogP contribution in [0.5, 0.6) is 0 Å². The molecule has 0 spiro atoms. The molecule has 86 valence electrons. The highest BCUT2D eigenvalue weighted by Crippen LogP contribution is 2.23. The monoisotopic (exact) mass is 209 g/mol. The van der Waals surface area contributed by atoms with Crippen LogP contribution < -0.4 is 5.32 Å². The molecule has 0 aromatic heterocycles. The fraction of sp³-hybridized carbons (Fsp3) is 0.846. The van der Waals surface area contributed by atoms with Gasteiger partial charge in [0.15, 0.2) is 0 Å². The first-order chi connectivity index (χ1) is 7.34. The maximum atomic E-state index is 9.57. The van der Waals surface area contributed by atoms with E-state index >= 15 is 0 Å². The first kappa shape index (κ1) is 11.2. The molecule has 0 amide bonds. The molecule has 0 heterocycles. The second-order valence-corrected chi connectivity index (χ2v) is 5.06. The number of hydrogen-bond donors (Lipinski definition) is 2. The lowest BCUT2D eigenvalue weighted by molar-refractivity contribution is 0.0999. The molecule has 2 heteroatoms. The third-order valence-electron chi connectivity index (χ3n) is 3.68. The highest BCUT2D eigenvalue weighted by atomic mass is 16.3. The minimum absolute atomic E-state index is 0.0348. The highest BCUT2D eigenvalue weighted by Gasteiger charge is 2.20. The standard InChI is InChI=1S/C13H23NO/c15-13-8-4-5-11(9-13)10-14-12-6-2-1-3-7-12/h2,6,11-15H,1,3-5,7-10H2. The molecule has 2 aliphatic carbocycles. The summed E-state index contributed by atoms with van der Waals surface area (Å²) in [6, 6.07) is 0.595. The third kappa shape index (κ3) is 3.62. The van der Waals surface area contributed by atoms with Crippen molar-refractivity contribution in [2.45, 2.75) is 57.1 Å². The van der Waals surface area contributed by atoms with Gasteiger partial charge in [0.2, 0.25) is 0 Å². The van der Waals surface area contributed by atoms with Crippen molar-refractivity contribution >= 4 is 0 Å². The van der Waals surface area contributed by atoms with Gasteiger partial charge in [0, 0.05) is 6.04 Å². The lowest BCUT2D eigenvalue weighted by atomic mass is 9.87. The largest absolute Gasteiger partial charge is 0.393 e. The number of aliphatic hydroxyl groups is 1. The summed E-state index contributed by atoms with van der Waals surface area (Å²) in [5, 5.41) is 13.2. The summed E-state index contributed by atoms with van der Waals surface area (Å²) in [7, 11) is 0. The van der Waals surface area contributed by atoms with Crippen LogP contribution in [0.25, 0.3) is 0 Å². The summed E-state index contributed by atoms with van der Waals surface area (Å²) < 4.78 is 0. The normalized spacial score (nSPS) is 36.7. The first-order valence-electron chi connectivity index (χ1n) is 6.42. The Balaban J connectivity index is 1.68. The second-order valence-electron chi connectivity index (χ2n) is 5.06. The summed E-state index contributed by atoms with van der Waals surface area (Å²) >= 11 is 0. The maximum Gasteiger partial charge on any atom is 0.0543 e. The Kier molecular flexibility index (Phi) is 4.21. The minimum Gasteiger partial charge on any atom is -0.393 e. The number of rotatable bonds is 3. The Morgan fingerprint density at radius 1 is 1.20 bits per heavy atom. The zero-order chi connectivity index (χ0) is 10.5. The van der Waals surface area contributed by atoms with E-state index in [-0.39, 0.29) is 6.10 Å². The average molecular weight is 209 g/mol. The van der Waals surface area contributed by atoms with Crippen molar-refractivity contribution in [3.05, 3.63) is 12.2 Å². The summed E-state index contributed by atoms with van der Waals surface area (Å²) in [6.45, 7) is 1.09. The number of aliphatic hydroxyl groups excluding tert-OH is 1. The van der Waals surface area contributed by atoms with Crippen LogP contribution in [0, 0.1) is 5.92 Å². The van der Waals surface area contributed by atoms with E-state index in [4.69, 9.17) is 0 Å². The van der Waals surface area contributed by atoms with Gasteiger partial charge >= 0.3 is 0 Å². The second kappa shape index (κ2) is 5.66. The van der Waals surface area contributed by atoms with Gasteiger partial charge < -0.3 is 10.4 Å². The SMILES string of the molecule is OC1CCCC(CNC2C=CCCC2)C1. The highest BCUT2D eigenvalue weighted by molar-refractivity contribution is 4.97. The number of hydrogen-bond acceptors (Lipinski definition) is 2. The van der Waals surface area contributed by atoms with E-state index in [1.165, 1.54) is 32.1 Å². The van der Waals surface area contributed by atoms with Gasteiger partial charge in [-0.1, -0.05) is 18.6 Å². The fourth-order valence-corrected chi connectivity index (χ4v) is 2.75. The van der Waals surface area contributed by atoms with E-state index in [0.717, 1.165) is 19.4 Å². The molecule has 1 fully saturated rings. The summed E-state index contributed by atoms with van der Waals surface area (Å²) in [4.78, 5) is 0. The van der Waals surface area contributed by atoms with Crippen LogP contribution in [0.4, 0.5) is 0 Å². The Morgan fingerprint density at radius 3 is 2.87 bits per heavy atom. The van der Waals surface area contributed by atoms with Gasteiger partial charge in [0.25, 0.3) is 0 Å². The Morgan fingerprint density at radius 2 is 2.13 bits per heavy atom. The first-order valence-corrected chi connectivity index (χ1v) is 6.42. The number of allylic oxidation sites excluding steroid dienone is 1. The molecule has 15 heavy (non-hydrogen) atoms. The summed E-state index contributed by atoms with van der Waals surface area (Å²) in [5.41, 5.74) is 0. The van der Waals surface area contributed by atoms with Gasteiger partial charge in [-0.05, 0) is 51.0 Å². The van der Waals surface area contributed by atoms with Crippen LogP contribution in [-0.2, 0) is 0 Å². The van der Waals surface area contributed by atoms with Crippen molar-refractivity contribution in [1.82, 2.24) is 5.32 Å². The quantitative estimate of drug-likeness (QED) is 0.699. The van der Waals surface area contributed by atoms with E-state index in [0.29, 0.717) is 12.0 Å². The Bertz CT molecular complexity index is 215. The van der Waals surface area contributed by atoms with E-state index in [9.17, 15) is 5.11 Å². The van der Waals surface area contributed by atoms with E-state index in [1.807, 2.05) is 0 Å². The van der Waals surface area contributed by atoms with Gasteiger partial charge in [-0.3, -0.25) is 0 Å².